The zero-order valence-electron chi connectivity index (χ0n) is 10.5. The van der Waals surface area contributed by atoms with Gasteiger partial charge in [0, 0.05) is 12.2 Å². The van der Waals surface area contributed by atoms with Gasteiger partial charge in [0.05, 0.1) is 0 Å². The van der Waals surface area contributed by atoms with Crippen LogP contribution in [-0.4, -0.2) is 27.1 Å². The normalized spacial score (nSPS) is 12.5. The quantitative estimate of drug-likeness (QED) is 0.794. The van der Waals surface area contributed by atoms with Gasteiger partial charge < -0.3 is 10.4 Å². The second-order valence-electron chi connectivity index (χ2n) is 4.59. The molecule has 0 amide bonds. The minimum Gasteiger partial charge on any atom is -0.477 e. The van der Waals surface area contributed by atoms with E-state index in [4.69, 9.17) is 5.11 Å². The molecule has 5 heteroatoms. The fourth-order valence-corrected chi connectivity index (χ4v) is 1.42. The first-order valence-electron chi connectivity index (χ1n) is 5.82. The second-order valence-corrected chi connectivity index (χ2v) is 4.59. The number of nitrogens with one attached hydrogen (secondary N) is 1. The highest BCUT2D eigenvalue weighted by Gasteiger charge is 2.08. The van der Waals surface area contributed by atoms with E-state index in [1.807, 2.05) is 6.92 Å². The number of carbonyl (C=O) groups is 1. The number of carboxylic acid groups (broad SMARTS) is 1. The van der Waals surface area contributed by atoms with E-state index in [0.717, 1.165) is 12.8 Å². The number of nitrogens with zero attached hydrogens (tertiary/aromatic N) is 2. The summed E-state index contributed by atoms with van der Waals surface area (Å²) in [6.07, 6.45) is 3.58. The number of rotatable bonds is 6. The van der Waals surface area contributed by atoms with Gasteiger partial charge in [0.15, 0.2) is 5.69 Å². The van der Waals surface area contributed by atoms with E-state index in [-0.39, 0.29) is 11.7 Å². The summed E-state index contributed by atoms with van der Waals surface area (Å²) in [5.41, 5.74) is 0.0126. The zero-order chi connectivity index (χ0) is 12.8. The molecule has 1 aromatic rings. The molecule has 94 valence electrons. The van der Waals surface area contributed by atoms with Crippen molar-refractivity contribution in [1.29, 1.82) is 0 Å². The molecule has 1 rings (SSSR count). The summed E-state index contributed by atoms with van der Waals surface area (Å²) in [5.74, 6) is -0.00281. The lowest BCUT2D eigenvalue weighted by molar-refractivity contribution is 0.0690. The molecular weight excluding hydrogens is 218 g/mol. The van der Waals surface area contributed by atoms with Gasteiger partial charge in [-0.25, -0.2) is 14.8 Å². The number of anilines is 1. The summed E-state index contributed by atoms with van der Waals surface area (Å²) in [5, 5.41) is 11.9. The van der Waals surface area contributed by atoms with Crippen molar-refractivity contribution >= 4 is 11.9 Å². The summed E-state index contributed by atoms with van der Waals surface area (Å²) >= 11 is 0. The van der Waals surface area contributed by atoms with E-state index in [1.54, 1.807) is 0 Å². The van der Waals surface area contributed by atoms with Gasteiger partial charge in [0.2, 0.25) is 5.95 Å². The van der Waals surface area contributed by atoms with E-state index in [9.17, 15) is 4.79 Å². The number of aromatic carboxylic acids is 1. The molecule has 17 heavy (non-hydrogen) atoms. The average molecular weight is 237 g/mol. The van der Waals surface area contributed by atoms with Crippen LogP contribution in [0.15, 0.2) is 12.3 Å². The first-order chi connectivity index (χ1) is 7.99. The minimum atomic E-state index is -1.04. The largest absolute Gasteiger partial charge is 0.477 e. The van der Waals surface area contributed by atoms with E-state index >= 15 is 0 Å². The van der Waals surface area contributed by atoms with Crippen LogP contribution < -0.4 is 5.32 Å². The van der Waals surface area contributed by atoms with E-state index in [0.29, 0.717) is 11.9 Å². The van der Waals surface area contributed by atoms with Crippen LogP contribution in [0.25, 0.3) is 0 Å². The fraction of sp³-hybridized carbons (Fsp3) is 0.583. The molecule has 0 saturated heterocycles. The van der Waals surface area contributed by atoms with Crippen LogP contribution in [0.5, 0.6) is 0 Å². The van der Waals surface area contributed by atoms with Crippen molar-refractivity contribution in [3.63, 3.8) is 0 Å². The maximum Gasteiger partial charge on any atom is 0.354 e. The van der Waals surface area contributed by atoms with Crippen LogP contribution in [0.3, 0.4) is 0 Å². The highest BCUT2D eigenvalue weighted by molar-refractivity contribution is 5.85. The zero-order valence-corrected chi connectivity index (χ0v) is 10.5. The average Bonchev–Trinajstić information content (AvgIpc) is 2.26. The molecule has 1 aromatic heterocycles. The Hall–Kier alpha value is -1.65. The SMILES string of the molecule is CC(C)CCC(C)Nc1nccc(C(=O)O)n1. The van der Waals surface area contributed by atoms with Crippen molar-refractivity contribution < 1.29 is 9.90 Å². The Bertz CT molecular complexity index is 380. The lowest BCUT2D eigenvalue weighted by Crippen LogP contribution is -2.18. The first kappa shape index (κ1) is 13.4. The van der Waals surface area contributed by atoms with Gasteiger partial charge in [-0.2, -0.15) is 0 Å². The highest BCUT2D eigenvalue weighted by Crippen LogP contribution is 2.10. The molecule has 0 aliphatic heterocycles. The smallest absolute Gasteiger partial charge is 0.354 e. The van der Waals surface area contributed by atoms with Gasteiger partial charge in [-0.15, -0.1) is 0 Å². The Kier molecular flexibility index (Phi) is 4.87. The summed E-state index contributed by atoms with van der Waals surface area (Å²) < 4.78 is 0. The summed E-state index contributed by atoms with van der Waals surface area (Å²) in [6.45, 7) is 6.39. The highest BCUT2D eigenvalue weighted by atomic mass is 16.4. The van der Waals surface area contributed by atoms with Crippen LogP contribution in [0.1, 0.15) is 44.1 Å². The molecular formula is C12H19N3O2. The summed E-state index contributed by atoms with van der Waals surface area (Å²) in [4.78, 5) is 18.7. The number of aromatic nitrogens is 2. The van der Waals surface area contributed by atoms with E-state index in [1.165, 1.54) is 12.3 Å². The standard InChI is InChI=1S/C12H19N3O2/c1-8(2)4-5-9(3)14-12-13-7-6-10(15-12)11(16)17/h6-9H,4-5H2,1-3H3,(H,16,17)(H,13,14,15). The number of hydrogen-bond donors (Lipinski definition) is 2. The van der Waals surface area contributed by atoms with Crippen molar-refractivity contribution in [2.24, 2.45) is 5.92 Å². The van der Waals surface area contributed by atoms with Gasteiger partial charge in [-0.05, 0) is 31.7 Å². The Labute approximate surface area is 101 Å². The van der Waals surface area contributed by atoms with Gasteiger partial charge in [0.1, 0.15) is 0 Å². The molecule has 0 spiro atoms. The molecule has 0 fully saturated rings. The Morgan fingerprint density at radius 2 is 2.12 bits per heavy atom. The molecule has 0 aromatic carbocycles. The molecule has 0 aliphatic rings. The third-order valence-electron chi connectivity index (χ3n) is 2.43. The maximum absolute atomic E-state index is 10.7. The summed E-state index contributed by atoms with van der Waals surface area (Å²) in [7, 11) is 0. The lowest BCUT2D eigenvalue weighted by atomic mass is 10.0. The monoisotopic (exact) mass is 237 g/mol. The van der Waals surface area contributed by atoms with Crippen LogP contribution in [0.2, 0.25) is 0 Å². The van der Waals surface area contributed by atoms with Gasteiger partial charge in [0.25, 0.3) is 0 Å². The van der Waals surface area contributed by atoms with Crippen molar-refractivity contribution in [3.05, 3.63) is 18.0 Å². The van der Waals surface area contributed by atoms with Crippen molar-refractivity contribution in [3.8, 4) is 0 Å². The predicted octanol–water partition coefficient (Wildman–Crippen LogP) is 2.41. The van der Waals surface area contributed by atoms with E-state index < -0.39 is 5.97 Å². The minimum absolute atomic E-state index is 0.0126. The molecule has 1 atom stereocenters. The molecule has 0 bridgehead atoms. The van der Waals surface area contributed by atoms with Crippen molar-refractivity contribution in [2.45, 2.75) is 39.7 Å². The fourth-order valence-electron chi connectivity index (χ4n) is 1.42. The maximum atomic E-state index is 10.7. The van der Waals surface area contributed by atoms with E-state index in [2.05, 4.69) is 29.1 Å². The van der Waals surface area contributed by atoms with Crippen LogP contribution in [0.4, 0.5) is 5.95 Å². The molecule has 2 N–H and O–H groups in total. The topological polar surface area (TPSA) is 75.1 Å². The molecule has 1 unspecified atom stereocenters. The van der Waals surface area contributed by atoms with Crippen molar-refractivity contribution in [1.82, 2.24) is 9.97 Å². The van der Waals surface area contributed by atoms with Gasteiger partial charge in [-0.1, -0.05) is 13.8 Å². The molecule has 5 nitrogen and oxygen atoms in total. The molecule has 0 aliphatic carbocycles. The van der Waals surface area contributed by atoms with Crippen LogP contribution >= 0.6 is 0 Å². The Morgan fingerprint density at radius 1 is 1.41 bits per heavy atom. The molecule has 0 saturated carbocycles. The third-order valence-corrected chi connectivity index (χ3v) is 2.43. The van der Waals surface area contributed by atoms with Crippen molar-refractivity contribution in [2.75, 3.05) is 5.32 Å². The van der Waals surface area contributed by atoms with Gasteiger partial charge >= 0.3 is 5.97 Å². The molecule has 0 radical (unpaired) electrons. The van der Waals surface area contributed by atoms with Gasteiger partial charge in [-0.3, -0.25) is 0 Å². The Morgan fingerprint density at radius 3 is 2.71 bits per heavy atom. The van der Waals surface area contributed by atoms with Crippen LogP contribution in [-0.2, 0) is 0 Å². The molecule has 1 heterocycles. The lowest BCUT2D eigenvalue weighted by Gasteiger charge is -2.14. The summed E-state index contributed by atoms with van der Waals surface area (Å²) in [6, 6.07) is 1.62. The second kappa shape index (κ2) is 6.18. The predicted molar refractivity (Wildman–Crippen MR) is 66.1 cm³/mol. The Balaban J connectivity index is 2.56. The third kappa shape index (κ3) is 4.80. The first-order valence-corrected chi connectivity index (χ1v) is 5.82. The van der Waals surface area contributed by atoms with Crippen LogP contribution in [0, 0.1) is 5.92 Å². The number of carboxylic acids is 1. The number of hydrogen-bond acceptors (Lipinski definition) is 4.